The van der Waals surface area contributed by atoms with Crippen LogP contribution >= 0.6 is 0 Å². The summed E-state index contributed by atoms with van der Waals surface area (Å²) in [5.74, 6) is -0.746. The van der Waals surface area contributed by atoms with Crippen molar-refractivity contribution < 1.29 is 15.0 Å². The highest BCUT2D eigenvalue weighted by Gasteiger charge is 2.29. The van der Waals surface area contributed by atoms with Crippen LogP contribution in [0.4, 0.5) is 5.69 Å². The molecule has 1 aromatic carbocycles. The molecular weight excluding hydrogens is 232 g/mol. The van der Waals surface area contributed by atoms with Crippen LogP contribution in [0, 0.1) is 11.3 Å². The molecular formula is C13H16N2O3. The van der Waals surface area contributed by atoms with Gasteiger partial charge in [0.15, 0.2) is 0 Å². The molecule has 1 rings (SSSR count). The first-order valence-corrected chi connectivity index (χ1v) is 5.67. The zero-order valence-electron chi connectivity index (χ0n) is 10.4. The Morgan fingerprint density at radius 3 is 2.78 bits per heavy atom. The second-order valence-corrected chi connectivity index (χ2v) is 4.32. The van der Waals surface area contributed by atoms with E-state index in [0.29, 0.717) is 18.4 Å². The predicted octanol–water partition coefficient (Wildman–Crippen LogP) is 1.75. The lowest BCUT2D eigenvalue weighted by atomic mass is 9.99. The molecule has 0 spiro atoms. The fraction of sp³-hybridized carbons (Fsp3) is 0.385. The number of benzene rings is 1. The molecule has 1 amide bonds. The number of carbonyl (C=O) groups excluding carboxylic acids is 1. The zero-order valence-corrected chi connectivity index (χ0v) is 10.4. The number of hydrogen-bond donors (Lipinski definition) is 3. The van der Waals surface area contributed by atoms with Crippen LogP contribution in [0.25, 0.3) is 0 Å². The Morgan fingerprint density at radius 1 is 1.56 bits per heavy atom. The maximum Gasteiger partial charge on any atom is 0.256 e. The van der Waals surface area contributed by atoms with Gasteiger partial charge in [0.1, 0.15) is 11.4 Å². The molecule has 18 heavy (non-hydrogen) atoms. The van der Waals surface area contributed by atoms with Gasteiger partial charge in [0.2, 0.25) is 0 Å². The summed E-state index contributed by atoms with van der Waals surface area (Å²) < 4.78 is 0. The van der Waals surface area contributed by atoms with Gasteiger partial charge in [0.25, 0.3) is 5.91 Å². The van der Waals surface area contributed by atoms with Gasteiger partial charge in [-0.3, -0.25) is 4.79 Å². The van der Waals surface area contributed by atoms with Crippen molar-refractivity contribution in [2.24, 2.45) is 0 Å². The number of nitrogens with zero attached hydrogens (tertiary/aromatic N) is 1. The summed E-state index contributed by atoms with van der Waals surface area (Å²) in [5.41, 5.74) is -1.06. The Balaban J connectivity index is 2.91. The number of anilines is 1. The molecule has 0 heterocycles. The highest BCUT2D eigenvalue weighted by Crippen LogP contribution is 2.25. The lowest BCUT2D eigenvalue weighted by Gasteiger charge is -2.21. The number of nitrogens with one attached hydrogen (secondary N) is 1. The van der Waals surface area contributed by atoms with E-state index in [9.17, 15) is 15.0 Å². The molecule has 0 aliphatic carbocycles. The van der Waals surface area contributed by atoms with Crippen LogP contribution in [-0.4, -0.2) is 21.7 Å². The van der Waals surface area contributed by atoms with Crippen molar-refractivity contribution in [2.45, 2.75) is 32.3 Å². The molecule has 0 fully saturated rings. The minimum atomic E-state index is -1.50. The molecule has 0 saturated heterocycles. The molecule has 1 aromatic rings. The predicted molar refractivity (Wildman–Crippen MR) is 67.0 cm³/mol. The van der Waals surface area contributed by atoms with Crippen LogP contribution in [0.3, 0.4) is 0 Å². The summed E-state index contributed by atoms with van der Waals surface area (Å²) in [4.78, 5) is 11.8. The van der Waals surface area contributed by atoms with Gasteiger partial charge in [-0.25, -0.2) is 0 Å². The molecule has 1 unspecified atom stereocenters. The molecule has 5 nitrogen and oxygen atoms in total. The fourth-order valence-electron chi connectivity index (χ4n) is 1.56. The molecule has 0 saturated carbocycles. The average molecular weight is 248 g/mol. The summed E-state index contributed by atoms with van der Waals surface area (Å²) in [6.07, 6.45) is 0.974. The first-order chi connectivity index (χ1) is 8.40. The van der Waals surface area contributed by atoms with Gasteiger partial charge in [-0.15, -0.1) is 0 Å². The number of rotatable bonds is 4. The average Bonchev–Trinajstić information content (AvgIpc) is 2.31. The van der Waals surface area contributed by atoms with Gasteiger partial charge < -0.3 is 15.5 Å². The zero-order chi connectivity index (χ0) is 13.8. The van der Waals surface area contributed by atoms with E-state index in [1.165, 1.54) is 25.1 Å². The number of aromatic hydroxyl groups is 1. The molecule has 96 valence electrons. The van der Waals surface area contributed by atoms with E-state index >= 15 is 0 Å². The smallest absolute Gasteiger partial charge is 0.256 e. The van der Waals surface area contributed by atoms with Crippen molar-refractivity contribution in [3.8, 4) is 11.8 Å². The van der Waals surface area contributed by atoms with Crippen LogP contribution in [0.5, 0.6) is 5.75 Å². The van der Waals surface area contributed by atoms with Crippen LogP contribution in [0.1, 0.15) is 32.3 Å². The lowest BCUT2D eigenvalue weighted by Crippen LogP contribution is -2.39. The molecule has 0 aromatic heterocycles. The van der Waals surface area contributed by atoms with Crippen LogP contribution in [-0.2, 0) is 4.79 Å². The van der Waals surface area contributed by atoms with Gasteiger partial charge in [-0.2, -0.15) is 5.26 Å². The fourth-order valence-corrected chi connectivity index (χ4v) is 1.56. The van der Waals surface area contributed by atoms with E-state index in [1.807, 2.05) is 13.0 Å². The Labute approximate surface area is 106 Å². The van der Waals surface area contributed by atoms with E-state index in [1.54, 1.807) is 0 Å². The van der Waals surface area contributed by atoms with Crippen molar-refractivity contribution in [2.75, 3.05) is 5.32 Å². The first-order valence-electron chi connectivity index (χ1n) is 5.67. The van der Waals surface area contributed by atoms with E-state index in [4.69, 9.17) is 5.26 Å². The number of carbonyl (C=O) groups is 1. The molecule has 5 heteroatoms. The van der Waals surface area contributed by atoms with Gasteiger partial charge >= 0.3 is 0 Å². The minimum absolute atomic E-state index is 0.121. The highest BCUT2D eigenvalue weighted by molar-refractivity contribution is 5.98. The van der Waals surface area contributed by atoms with Gasteiger partial charge in [-0.1, -0.05) is 13.3 Å². The second-order valence-electron chi connectivity index (χ2n) is 4.32. The third-order valence-corrected chi connectivity index (χ3v) is 2.60. The monoisotopic (exact) mass is 248 g/mol. The number of amides is 1. The van der Waals surface area contributed by atoms with E-state index < -0.39 is 11.5 Å². The maximum atomic E-state index is 11.8. The molecule has 3 N–H and O–H groups in total. The standard InChI is InChI=1S/C13H16N2O3/c1-3-6-13(2,18)12(17)15-10-7-9(8-14)4-5-11(10)16/h4-5,7,16,18H,3,6H2,1-2H3,(H,15,17). The number of nitriles is 1. The van der Waals surface area contributed by atoms with E-state index in [2.05, 4.69) is 5.32 Å². The van der Waals surface area contributed by atoms with Crippen molar-refractivity contribution in [3.05, 3.63) is 23.8 Å². The molecule has 0 radical (unpaired) electrons. The molecule has 0 aliphatic heterocycles. The second kappa shape index (κ2) is 5.52. The third kappa shape index (κ3) is 3.22. The van der Waals surface area contributed by atoms with Crippen molar-refractivity contribution in [1.29, 1.82) is 5.26 Å². The van der Waals surface area contributed by atoms with Crippen LogP contribution < -0.4 is 5.32 Å². The highest BCUT2D eigenvalue weighted by atomic mass is 16.3. The molecule has 1 atom stereocenters. The van der Waals surface area contributed by atoms with Crippen molar-refractivity contribution >= 4 is 11.6 Å². The van der Waals surface area contributed by atoms with Gasteiger partial charge in [0.05, 0.1) is 17.3 Å². The lowest BCUT2D eigenvalue weighted by molar-refractivity contribution is -0.133. The first kappa shape index (κ1) is 14.0. The quantitative estimate of drug-likeness (QED) is 0.708. The third-order valence-electron chi connectivity index (χ3n) is 2.60. The number of phenols is 1. The van der Waals surface area contributed by atoms with Gasteiger partial charge in [0, 0.05) is 0 Å². The minimum Gasteiger partial charge on any atom is -0.506 e. The normalized spacial score (nSPS) is 13.4. The van der Waals surface area contributed by atoms with Crippen molar-refractivity contribution in [1.82, 2.24) is 0 Å². The van der Waals surface area contributed by atoms with E-state index in [0.717, 1.165) is 0 Å². The Morgan fingerprint density at radius 2 is 2.22 bits per heavy atom. The molecule has 0 aliphatic rings. The topological polar surface area (TPSA) is 93.4 Å². The number of aliphatic hydroxyl groups is 1. The summed E-state index contributed by atoms with van der Waals surface area (Å²) >= 11 is 0. The van der Waals surface area contributed by atoms with Crippen molar-refractivity contribution in [3.63, 3.8) is 0 Å². The van der Waals surface area contributed by atoms with Crippen LogP contribution in [0.15, 0.2) is 18.2 Å². The summed E-state index contributed by atoms with van der Waals surface area (Å²) in [7, 11) is 0. The summed E-state index contributed by atoms with van der Waals surface area (Å²) in [6.45, 7) is 3.27. The number of phenolic OH excluding ortho intramolecular Hbond substituents is 1. The Kier molecular flexibility index (Phi) is 4.29. The molecule has 0 bridgehead atoms. The Hall–Kier alpha value is -2.06. The summed E-state index contributed by atoms with van der Waals surface area (Å²) in [5, 5.41) is 30.6. The summed E-state index contributed by atoms with van der Waals surface area (Å²) in [6, 6.07) is 6.02. The SMILES string of the molecule is CCCC(C)(O)C(=O)Nc1cc(C#N)ccc1O. The number of hydrogen-bond acceptors (Lipinski definition) is 4. The Bertz CT molecular complexity index is 489. The van der Waals surface area contributed by atoms with E-state index in [-0.39, 0.29) is 11.4 Å². The maximum absolute atomic E-state index is 11.8. The van der Waals surface area contributed by atoms with Crippen LogP contribution in [0.2, 0.25) is 0 Å². The largest absolute Gasteiger partial charge is 0.506 e. The van der Waals surface area contributed by atoms with Gasteiger partial charge in [-0.05, 0) is 31.5 Å².